The van der Waals surface area contributed by atoms with E-state index in [1.807, 2.05) is 13.0 Å². The van der Waals surface area contributed by atoms with Gasteiger partial charge >= 0.3 is 0 Å². The third-order valence-corrected chi connectivity index (χ3v) is 3.34. The van der Waals surface area contributed by atoms with E-state index in [0.29, 0.717) is 12.1 Å². The van der Waals surface area contributed by atoms with Gasteiger partial charge in [0, 0.05) is 15.3 Å². The second-order valence-corrected chi connectivity index (χ2v) is 4.84. The lowest BCUT2D eigenvalue weighted by atomic mass is 10.3. The van der Waals surface area contributed by atoms with E-state index in [2.05, 4.69) is 37.3 Å². The molecule has 5 nitrogen and oxygen atoms in total. The normalized spacial score (nSPS) is 9.40. The molecule has 2 aromatic rings. The summed E-state index contributed by atoms with van der Waals surface area (Å²) in [5.41, 5.74) is 6.61. The van der Waals surface area contributed by atoms with Gasteiger partial charge in [-0.2, -0.15) is 0 Å². The van der Waals surface area contributed by atoms with E-state index in [1.54, 1.807) is 6.07 Å². The molecule has 0 saturated carbocycles. The van der Waals surface area contributed by atoms with Gasteiger partial charge in [0.05, 0.1) is 12.8 Å². The van der Waals surface area contributed by atoms with E-state index in [9.17, 15) is 9.18 Å². The number of rotatable bonds is 2. The zero-order valence-corrected chi connectivity index (χ0v) is 13.1. The highest BCUT2D eigenvalue weighted by Crippen LogP contribution is 2.12. The highest BCUT2D eigenvalue weighted by atomic mass is 127. The minimum atomic E-state index is -0.628. The Balaban J connectivity index is 0.000000204. The molecule has 20 heavy (non-hydrogen) atoms. The van der Waals surface area contributed by atoms with Crippen molar-refractivity contribution in [2.75, 3.05) is 12.8 Å². The van der Waals surface area contributed by atoms with Crippen molar-refractivity contribution in [2.24, 2.45) is 0 Å². The number of nitrogen functional groups attached to an aromatic ring is 1. The average Bonchev–Trinajstić information content (AvgIpc) is 2.44. The standard InChI is InChI=1S/C7H6FNO2.C6H7IN2/c1-11-7-6(8)2-5(4-10)3-9-7;1-4-5(7)2-3-6(8)9-4/h2-4H,1H3;2-3H,1H3,(H2,8,9). The predicted octanol–water partition coefficient (Wildman–Crippen LogP) is 2.62. The molecule has 2 aromatic heterocycles. The number of ether oxygens (including phenoxy) is 1. The molecule has 7 heteroatoms. The lowest BCUT2D eigenvalue weighted by Gasteiger charge is -1.98. The van der Waals surface area contributed by atoms with Crippen molar-refractivity contribution >= 4 is 34.7 Å². The number of aldehydes is 1. The second-order valence-electron chi connectivity index (χ2n) is 3.68. The maximum atomic E-state index is 12.7. The van der Waals surface area contributed by atoms with Crippen LogP contribution in [0.15, 0.2) is 24.4 Å². The van der Waals surface area contributed by atoms with Crippen LogP contribution in [0.5, 0.6) is 5.88 Å². The molecular weight excluding hydrogens is 376 g/mol. The zero-order valence-electron chi connectivity index (χ0n) is 10.9. The van der Waals surface area contributed by atoms with Crippen molar-refractivity contribution in [1.29, 1.82) is 0 Å². The Labute approximate surface area is 129 Å². The Hall–Kier alpha value is -1.77. The Morgan fingerprint density at radius 2 is 2.15 bits per heavy atom. The Morgan fingerprint density at radius 3 is 2.60 bits per heavy atom. The fourth-order valence-corrected chi connectivity index (χ4v) is 1.52. The summed E-state index contributed by atoms with van der Waals surface area (Å²) in [4.78, 5) is 17.7. The Kier molecular flexibility index (Phi) is 6.29. The number of hydrogen-bond donors (Lipinski definition) is 1. The molecule has 0 aliphatic carbocycles. The molecule has 0 radical (unpaired) electrons. The fourth-order valence-electron chi connectivity index (χ4n) is 1.22. The number of nitrogens with zero attached hydrogens (tertiary/aromatic N) is 2. The van der Waals surface area contributed by atoms with Crippen molar-refractivity contribution < 1.29 is 13.9 Å². The van der Waals surface area contributed by atoms with E-state index >= 15 is 0 Å². The summed E-state index contributed by atoms with van der Waals surface area (Å²) in [5, 5.41) is 0. The van der Waals surface area contributed by atoms with Gasteiger partial charge in [-0.1, -0.05) is 0 Å². The summed E-state index contributed by atoms with van der Waals surface area (Å²) in [6.07, 6.45) is 1.77. The van der Waals surface area contributed by atoms with E-state index in [-0.39, 0.29) is 11.4 Å². The number of carbonyl (C=O) groups is 1. The molecule has 0 aliphatic rings. The van der Waals surface area contributed by atoms with Gasteiger partial charge < -0.3 is 10.5 Å². The number of pyridine rings is 2. The third kappa shape index (κ3) is 4.72. The summed E-state index contributed by atoms with van der Waals surface area (Å²) in [6, 6.07) is 4.83. The van der Waals surface area contributed by atoms with Gasteiger partial charge in [-0.25, -0.2) is 14.4 Å². The first-order valence-electron chi connectivity index (χ1n) is 5.51. The van der Waals surface area contributed by atoms with Crippen molar-refractivity contribution in [3.05, 3.63) is 45.0 Å². The molecular formula is C13H13FIN3O2. The number of nitrogens with two attached hydrogens (primary N) is 1. The summed E-state index contributed by atoms with van der Waals surface area (Å²) in [5.74, 6) is -0.138. The zero-order chi connectivity index (χ0) is 15.1. The monoisotopic (exact) mass is 389 g/mol. The minimum Gasteiger partial charge on any atom is -0.479 e. The molecule has 2 heterocycles. The number of carbonyl (C=O) groups excluding carboxylic acids is 1. The van der Waals surface area contributed by atoms with Gasteiger partial charge in [0.15, 0.2) is 12.1 Å². The van der Waals surface area contributed by atoms with Gasteiger partial charge in [0.1, 0.15) is 5.82 Å². The second kappa shape index (κ2) is 7.73. The quantitative estimate of drug-likeness (QED) is 0.631. The first-order chi connectivity index (χ1) is 9.47. The van der Waals surface area contributed by atoms with Crippen LogP contribution in [0.4, 0.5) is 10.2 Å². The molecule has 0 unspecified atom stereocenters. The molecule has 0 saturated heterocycles. The number of hydrogen-bond acceptors (Lipinski definition) is 5. The smallest absolute Gasteiger partial charge is 0.250 e. The fraction of sp³-hybridized carbons (Fsp3) is 0.154. The maximum Gasteiger partial charge on any atom is 0.250 e. The molecule has 2 N–H and O–H groups in total. The molecule has 0 atom stereocenters. The van der Waals surface area contributed by atoms with Crippen LogP contribution < -0.4 is 10.5 Å². The van der Waals surface area contributed by atoms with Crippen LogP contribution >= 0.6 is 22.6 Å². The average molecular weight is 389 g/mol. The number of anilines is 1. The van der Waals surface area contributed by atoms with E-state index < -0.39 is 5.82 Å². The lowest BCUT2D eigenvalue weighted by Crippen LogP contribution is -1.93. The van der Waals surface area contributed by atoms with Gasteiger partial charge in [-0.3, -0.25) is 4.79 Å². The molecule has 0 aliphatic heterocycles. The van der Waals surface area contributed by atoms with Crippen LogP contribution in [-0.4, -0.2) is 23.4 Å². The molecule has 0 aromatic carbocycles. The number of aromatic nitrogens is 2. The highest BCUT2D eigenvalue weighted by Gasteiger charge is 2.03. The maximum absolute atomic E-state index is 12.7. The van der Waals surface area contributed by atoms with Gasteiger partial charge in [-0.15, -0.1) is 0 Å². The van der Waals surface area contributed by atoms with Crippen molar-refractivity contribution in [1.82, 2.24) is 9.97 Å². The topological polar surface area (TPSA) is 78.1 Å². The Morgan fingerprint density at radius 1 is 1.45 bits per heavy atom. The summed E-state index contributed by atoms with van der Waals surface area (Å²) >= 11 is 2.22. The van der Waals surface area contributed by atoms with Crippen LogP contribution in [0.3, 0.4) is 0 Å². The highest BCUT2D eigenvalue weighted by molar-refractivity contribution is 14.1. The SMILES string of the molecule is COc1ncc(C=O)cc1F.Cc1nc(N)ccc1I. The van der Waals surface area contributed by atoms with Gasteiger partial charge in [0.25, 0.3) is 0 Å². The third-order valence-electron chi connectivity index (χ3n) is 2.20. The van der Waals surface area contributed by atoms with Gasteiger partial charge in [-0.05, 0) is 47.7 Å². The van der Waals surface area contributed by atoms with E-state index in [4.69, 9.17) is 5.73 Å². The first-order valence-corrected chi connectivity index (χ1v) is 6.59. The van der Waals surface area contributed by atoms with E-state index in [1.165, 1.54) is 13.3 Å². The first kappa shape index (κ1) is 16.3. The van der Waals surface area contributed by atoms with Crippen LogP contribution in [0.25, 0.3) is 0 Å². The number of halogens is 2. The van der Waals surface area contributed by atoms with Gasteiger partial charge in [0.2, 0.25) is 5.88 Å². The summed E-state index contributed by atoms with van der Waals surface area (Å²) in [7, 11) is 1.31. The van der Waals surface area contributed by atoms with Crippen LogP contribution in [0, 0.1) is 16.3 Å². The summed E-state index contributed by atoms with van der Waals surface area (Å²) in [6.45, 7) is 1.94. The summed E-state index contributed by atoms with van der Waals surface area (Å²) < 4.78 is 18.4. The molecule has 106 valence electrons. The molecule has 0 bridgehead atoms. The van der Waals surface area contributed by atoms with Crippen LogP contribution in [-0.2, 0) is 0 Å². The molecule has 0 fully saturated rings. The molecule has 0 amide bonds. The molecule has 2 rings (SSSR count). The Bertz CT molecular complexity index is 608. The van der Waals surface area contributed by atoms with Crippen LogP contribution in [0.1, 0.15) is 16.1 Å². The molecule has 0 spiro atoms. The number of aryl methyl sites for hydroxylation is 1. The van der Waals surface area contributed by atoms with Crippen molar-refractivity contribution in [3.8, 4) is 5.88 Å². The minimum absolute atomic E-state index is 0.101. The number of methoxy groups -OCH3 is 1. The van der Waals surface area contributed by atoms with Crippen molar-refractivity contribution in [2.45, 2.75) is 6.92 Å². The van der Waals surface area contributed by atoms with Crippen molar-refractivity contribution in [3.63, 3.8) is 0 Å². The lowest BCUT2D eigenvalue weighted by molar-refractivity contribution is 0.112. The predicted molar refractivity (Wildman–Crippen MR) is 82.2 cm³/mol. The largest absolute Gasteiger partial charge is 0.479 e. The van der Waals surface area contributed by atoms with Crippen LogP contribution in [0.2, 0.25) is 0 Å². The van der Waals surface area contributed by atoms with E-state index in [0.717, 1.165) is 15.3 Å².